The number of nitrogens with one attached hydrogen (secondary N) is 1. The largest absolute Gasteiger partial charge is 0.496 e. The first-order valence-electron chi connectivity index (χ1n) is 10.1. The molecule has 0 atom stereocenters. The van der Waals surface area contributed by atoms with Gasteiger partial charge in [0.1, 0.15) is 17.8 Å². The zero-order valence-electron chi connectivity index (χ0n) is 17.9. The molecule has 1 aromatic heterocycles. The highest BCUT2D eigenvalue weighted by atomic mass is 127. The van der Waals surface area contributed by atoms with Gasteiger partial charge in [-0.15, -0.1) is 24.0 Å². The number of aliphatic imine (C=N–C) groups is 1. The summed E-state index contributed by atoms with van der Waals surface area (Å²) in [5, 5.41) is 7.02. The van der Waals surface area contributed by atoms with Crippen LogP contribution in [0.2, 0.25) is 0 Å². The first-order valence-corrected chi connectivity index (χ1v) is 11.7. The molecule has 9 nitrogen and oxygen atoms in total. The average Bonchev–Trinajstić information content (AvgIpc) is 3.26. The first kappa shape index (κ1) is 25.4. The fourth-order valence-corrected chi connectivity index (χ4v) is 4.81. The standard InChI is InChI=1S/C20H29N5O4S.HI/c1-3-21-20(22-10-8-17-6-4-5-7-19(17)28-2)24-11-13-25(14-12-24)30(26,27)16-18-9-15-29-23-18;/h4-7,9,15H,3,8,10-14,16H2,1-2H3,(H,21,22);1H. The number of para-hydroxylation sites is 1. The van der Waals surface area contributed by atoms with E-state index < -0.39 is 10.0 Å². The van der Waals surface area contributed by atoms with Crippen molar-refractivity contribution < 1.29 is 17.7 Å². The van der Waals surface area contributed by atoms with E-state index in [1.807, 2.05) is 31.2 Å². The van der Waals surface area contributed by atoms with E-state index in [1.54, 1.807) is 13.2 Å². The van der Waals surface area contributed by atoms with Crippen molar-refractivity contribution in [2.45, 2.75) is 19.1 Å². The fraction of sp³-hybridized carbons (Fsp3) is 0.500. The number of guanidine groups is 1. The molecule has 1 aromatic carbocycles. The molecule has 0 spiro atoms. The SMILES string of the molecule is CCNC(=NCCc1ccccc1OC)N1CCN(S(=O)(=O)Cc2ccon2)CC1.I. The van der Waals surface area contributed by atoms with Crippen molar-refractivity contribution in [2.75, 3.05) is 46.4 Å². The number of piperazine rings is 1. The minimum absolute atomic E-state index is 0. The maximum absolute atomic E-state index is 12.6. The van der Waals surface area contributed by atoms with Crippen LogP contribution in [-0.4, -0.2) is 75.1 Å². The molecule has 0 amide bonds. The van der Waals surface area contributed by atoms with E-state index in [2.05, 4.69) is 15.4 Å². The van der Waals surface area contributed by atoms with Crippen LogP contribution in [0.25, 0.3) is 0 Å². The zero-order valence-corrected chi connectivity index (χ0v) is 21.0. The molecule has 0 aliphatic carbocycles. The molecule has 0 unspecified atom stereocenters. The first-order chi connectivity index (χ1) is 14.5. The van der Waals surface area contributed by atoms with Crippen LogP contribution < -0.4 is 10.1 Å². The van der Waals surface area contributed by atoms with Crippen molar-refractivity contribution in [1.29, 1.82) is 0 Å². The molecule has 1 N–H and O–H groups in total. The maximum atomic E-state index is 12.6. The predicted molar refractivity (Wildman–Crippen MR) is 130 cm³/mol. The number of rotatable bonds is 8. The molecule has 11 heteroatoms. The molecule has 1 saturated heterocycles. The average molecular weight is 563 g/mol. The maximum Gasteiger partial charge on any atom is 0.220 e. The second-order valence-corrected chi connectivity index (χ2v) is 8.90. The number of benzene rings is 1. The highest BCUT2D eigenvalue weighted by molar-refractivity contribution is 14.0. The lowest BCUT2D eigenvalue weighted by Crippen LogP contribution is -2.54. The summed E-state index contributed by atoms with van der Waals surface area (Å²) in [6.45, 7) is 5.38. The van der Waals surface area contributed by atoms with Crippen LogP contribution in [0.5, 0.6) is 5.75 Å². The van der Waals surface area contributed by atoms with Gasteiger partial charge in [-0.2, -0.15) is 4.31 Å². The molecule has 1 fully saturated rings. The number of aromatic nitrogens is 1. The lowest BCUT2D eigenvalue weighted by Gasteiger charge is -2.35. The molecule has 0 saturated carbocycles. The van der Waals surface area contributed by atoms with Crippen molar-refractivity contribution in [1.82, 2.24) is 19.7 Å². The second kappa shape index (κ2) is 12.2. The Morgan fingerprint density at radius 3 is 2.61 bits per heavy atom. The lowest BCUT2D eigenvalue weighted by atomic mass is 10.1. The third-order valence-corrected chi connectivity index (χ3v) is 6.74. The summed E-state index contributed by atoms with van der Waals surface area (Å²) in [6.07, 6.45) is 2.15. The third-order valence-electron chi connectivity index (χ3n) is 4.92. The number of methoxy groups -OCH3 is 1. The van der Waals surface area contributed by atoms with Crippen molar-refractivity contribution in [3.05, 3.63) is 47.9 Å². The van der Waals surface area contributed by atoms with E-state index in [4.69, 9.17) is 14.3 Å². The van der Waals surface area contributed by atoms with Gasteiger partial charge in [-0.3, -0.25) is 4.99 Å². The number of nitrogens with zero attached hydrogens (tertiary/aromatic N) is 4. The van der Waals surface area contributed by atoms with Crippen LogP contribution in [0.3, 0.4) is 0 Å². The van der Waals surface area contributed by atoms with Crippen molar-refractivity contribution in [3.8, 4) is 5.75 Å². The Bertz CT molecular complexity index is 929. The Morgan fingerprint density at radius 1 is 1.23 bits per heavy atom. The molecule has 172 valence electrons. The van der Waals surface area contributed by atoms with Crippen molar-refractivity contribution >= 4 is 40.0 Å². The van der Waals surface area contributed by atoms with Gasteiger partial charge in [0.15, 0.2) is 5.96 Å². The van der Waals surface area contributed by atoms with Crippen LogP contribution in [-0.2, 0) is 22.2 Å². The number of sulfonamides is 1. The number of hydrogen-bond donors (Lipinski definition) is 1. The highest BCUT2D eigenvalue weighted by Gasteiger charge is 2.28. The van der Waals surface area contributed by atoms with Gasteiger partial charge in [-0.05, 0) is 25.0 Å². The van der Waals surface area contributed by atoms with E-state index in [0.717, 1.165) is 30.2 Å². The van der Waals surface area contributed by atoms with E-state index in [9.17, 15) is 8.42 Å². The van der Waals surface area contributed by atoms with Crippen LogP contribution in [0.1, 0.15) is 18.2 Å². The molecule has 2 aromatic rings. The van der Waals surface area contributed by atoms with Crippen LogP contribution in [0.15, 0.2) is 46.1 Å². The topological polar surface area (TPSA) is 100 Å². The fourth-order valence-electron chi connectivity index (χ4n) is 3.39. The van der Waals surface area contributed by atoms with Gasteiger partial charge in [-0.25, -0.2) is 8.42 Å². The molecule has 1 aliphatic heterocycles. The molecular weight excluding hydrogens is 533 g/mol. The summed E-state index contributed by atoms with van der Waals surface area (Å²) in [6, 6.07) is 9.51. The molecule has 1 aliphatic rings. The van der Waals surface area contributed by atoms with Gasteiger partial charge < -0.3 is 19.5 Å². The van der Waals surface area contributed by atoms with E-state index in [0.29, 0.717) is 38.4 Å². The van der Waals surface area contributed by atoms with Gasteiger partial charge in [0.2, 0.25) is 10.0 Å². The quantitative estimate of drug-likeness (QED) is 0.298. The van der Waals surface area contributed by atoms with Crippen molar-refractivity contribution in [3.63, 3.8) is 0 Å². The third kappa shape index (κ3) is 7.07. The molecular formula is C20H30IN5O4S. The summed E-state index contributed by atoms with van der Waals surface area (Å²) in [5.74, 6) is 1.53. The summed E-state index contributed by atoms with van der Waals surface area (Å²) in [7, 11) is -1.75. The minimum atomic E-state index is -3.42. The Labute approximate surface area is 200 Å². The second-order valence-electron chi connectivity index (χ2n) is 6.93. The highest BCUT2D eigenvalue weighted by Crippen LogP contribution is 2.18. The number of hydrogen-bond acceptors (Lipinski definition) is 6. The monoisotopic (exact) mass is 563 g/mol. The van der Waals surface area contributed by atoms with Crippen LogP contribution >= 0.6 is 24.0 Å². The lowest BCUT2D eigenvalue weighted by molar-refractivity contribution is 0.260. The van der Waals surface area contributed by atoms with Crippen LogP contribution in [0, 0.1) is 0 Å². The van der Waals surface area contributed by atoms with E-state index >= 15 is 0 Å². The Hall–Kier alpha value is -1.86. The summed E-state index contributed by atoms with van der Waals surface area (Å²) in [5.41, 5.74) is 1.53. The number of halogens is 1. The summed E-state index contributed by atoms with van der Waals surface area (Å²) in [4.78, 5) is 6.85. The smallest absolute Gasteiger partial charge is 0.220 e. The zero-order chi connectivity index (χ0) is 21.4. The normalized spacial score (nSPS) is 15.4. The van der Waals surface area contributed by atoms with E-state index in [1.165, 1.54) is 10.6 Å². The van der Waals surface area contributed by atoms with Gasteiger partial charge in [0.25, 0.3) is 0 Å². The van der Waals surface area contributed by atoms with Crippen molar-refractivity contribution in [2.24, 2.45) is 4.99 Å². The molecule has 0 radical (unpaired) electrons. The molecule has 0 bridgehead atoms. The van der Waals surface area contributed by atoms with E-state index in [-0.39, 0.29) is 29.7 Å². The molecule has 2 heterocycles. The van der Waals surface area contributed by atoms with Crippen LogP contribution in [0.4, 0.5) is 0 Å². The minimum Gasteiger partial charge on any atom is -0.496 e. The van der Waals surface area contributed by atoms with Gasteiger partial charge >= 0.3 is 0 Å². The van der Waals surface area contributed by atoms with Gasteiger partial charge in [0, 0.05) is 45.3 Å². The predicted octanol–water partition coefficient (Wildman–Crippen LogP) is 1.96. The van der Waals surface area contributed by atoms with Gasteiger partial charge in [0.05, 0.1) is 12.8 Å². The Morgan fingerprint density at radius 2 is 1.97 bits per heavy atom. The van der Waals surface area contributed by atoms with Gasteiger partial charge in [-0.1, -0.05) is 23.4 Å². The number of ether oxygens (including phenoxy) is 1. The molecule has 31 heavy (non-hydrogen) atoms. The molecule has 3 rings (SSSR count). The Balaban J connectivity index is 0.00000341. The summed E-state index contributed by atoms with van der Waals surface area (Å²) < 4.78 is 36.9. The Kier molecular flexibility index (Phi) is 10.0. The summed E-state index contributed by atoms with van der Waals surface area (Å²) >= 11 is 0.